The summed E-state index contributed by atoms with van der Waals surface area (Å²) in [6.45, 7) is 0. The Hall–Kier alpha value is -0.560. The quantitative estimate of drug-likeness (QED) is 0.448. The number of hydrogen-bond donors (Lipinski definition) is 4. The molecule has 0 unspecified atom stereocenters. The predicted octanol–water partition coefficient (Wildman–Crippen LogP) is 0.000200. The average molecular weight is 256 g/mol. The van der Waals surface area contributed by atoms with E-state index in [4.69, 9.17) is 15.5 Å². The van der Waals surface area contributed by atoms with Crippen molar-refractivity contribution in [1.29, 1.82) is 0 Å². The van der Waals surface area contributed by atoms with Crippen molar-refractivity contribution in [2.75, 3.05) is 5.32 Å². The average Bonchev–Trinajstić information content (AvgIpc) is 2.05. The molecule has 0 spiro atoms. The number of rotatable bonds is 3. The summed E-state index contributed by atoms with van der Waals surface area (Å²) in [6.07, 6.45) is 0. The third-order valence-electron chi connectivity index (χ3n) is 1.35. The number of amides is 2. The van der Waals surface area contributed by atoms with Crippen LogP contribution in [0, 0.1) is 0 Å². The summed E-state index contributed by atoms with van der Waals surface area (Å²) in [4.78, 5) is 27.4. The second-order valence-corrected chi connectivity index (χ2v) is 3.76. The normalized spacial score (nSPS) is 10.1. The van der Waals surface area contributed by atoms with Crippen molar-refractivity contribution in [3.63, 3.8) is 0 Å². The molecule has 0 bridgehead atoms. The minimum absolute atomic E-state index is 0. The molecule has 5 N–H and O–H groups in total. The topological polar surface area (TPSA) is 122 Å². The molecule has 16 heavy (non-hydrogen) atoms. The Morgan fingerprint density at radius 1 is 1.31 bits per heavy atom. The van der Waals surface area contributed by atoms with Crippen LogP contribution in [0.2, 0.25) is 0 Å². The third kappa shape index (κ3) is 6.12. The standard InChI is InChI=1S/C7H9N2O5P.Na.H/c8-7(10)9-5-1-3-6(4-2-5)14-15(11,12)13;;/h1-4H,(H3,8,9,10)(H2,11,12,13);;. The molecular weight excluding hydrogens is 246 g/mol. The number of phosphoric ester groups is 1. The van der Waals surface area contributed by atoms with Crippen molar-refractivity contribution in [2.45, 2.75) is 0 Å². The molecule has 0 heterocycles. The van der Waals surface area contributed by atoms with Gasteiger partial charge in [-0.3, -0.25) is 9.79 Å². The molecule has 7 nitrogen and oxygen atoms in total. The maximum atomic E-state index is 10.4. The van der Waals surface area contributed by atoms with Crippen LogP contribution in [0.25, 0.3) is 0 Å². The molecule has 0 aliphatic heterocycles. The Kier molecular flexibility index (Phi) is 6.02. The van der Waals surface area contributed by atoms with Crippen LogP contribution in [-0.2, 0) is 4.57 Å². The van der Waals surface area contributed by atoms with Gasteiger partial charge in [-0.2, -0.15) is 0 Å². The molecule has 0 fully saturated rings. The monoisotopic (exact) mass is 256 g/mol. The predicted molar refractivity (Wildman–Crippen MR) is 59.5 cm³/mol. The van der Waals surface area contributed by atoms with E-state index in [2.05, 4.69) is 9.84 Å². The van der Waals surface area contributed by atoms with Crippen molar-refractivity contribution in [3.8, 4) is 5.75 Å². The number of benzene rings is 1. The second kappa shape index (κ2) is 6.24. The fourth-order valence-electron chi connectivity index (χ4n) is 0.879. The fraction of sp³-hybridized carbons (Fsp3) is 0. The van der Waals surface area contributed by atoms with Crippen LogP contribution in [0.1, 0.15) is 0 Å². The molecule has 0 aromatic heterocycles. The number of hydrogen-bond acceptors (Lipinski definition) is 3. The van der Waals surface area contributed by atoms with Gasteiger partial charge in [0.2, 0.25) is 0 Å². The van der Waals surface area contributed by atoms with E-state index < -0.39 is 13.9 Å². The number of anilines is 1. The van der Waals surface area contributed by atoms with Gasteiger partial charge >= 0.3 is 43.4 Å². The molecule has 1 aromatic carbocycles. The number of phosphoric acid groups is 1. The van der Waals surface area contributed by atoms with Gasteiger partial charge in [-0.05, 0) is 24.3 Å². The summed E-state index contributed by atoms with van der Waals surface area (Å²) in [5, 5.41) is 2.28. The Balaban J connectivity index is 0.00000225. The van der Waals surface area contributed by atoms with Crippen molar-refractivity contribution >= 4 is 49.1 Å². The fourth-order valence-corrected chi connectivity index (χ4v) is 1.28. The van der Waals surface area contributed by atoms with Crippen LogP contribution in [0.5, 0.6) is 5.75 Å². The van der Waals surface area contributed by atoms with Crippen molar-refractivity contribution < 1.29 is 23.7 Å². The number of nitrogens with two attached hydrogens (primary N) is 1. The maximum absolute atomic E-state index is 10.4. The van der Waals surface area contributed by atoms with Crippen molar-refractivity contribution in [2.24, 2.45) is 5.73 Å². The molecule has 84 valence electrons. The molecule has 0 atom stereocenters. The van der Waals surface area contributed by atoms with Crippen molar-refractivity contribution in [3.05, 3.63) is 24.3 Å². The molecule has 0 aliphatic carbocycles. The van der Waals surface area contributed by atoms with Gasteiger partial charge in [0.25, 0.3) is 0 Å². The molecule has 1 aromatic rings. The molecule has 0 aliphatic rings. The Morgan fingerprint density at radius 3 is 2.19 bits per heavy atom. The van der Waals surface area contributed by atoms with Crippen LogP contribution in [0.4, 0.5) is 10.5 Å². The van der Waals surface area contributed by atoms with Crippen molar-refractivity contribution in [1.82, 2.24) is 0 Å². The first-order valence-electron chi connectivity index (χ1n) is 3.78. The van der Waals surface area contributed by atoms with Crippen LogP contribution in [-0.4, -0.2) is 45.4 Å². The van der Waals surface area contributed by atoms with E-state index in [1.807, 2.05) is 0 Å². The van der Waals surface area contributed by atoms with E-state index in [1.54, 1.807) is 0 Å². The number of carbonyl (C=O) groups excluding carboxylic acids is 1. The molecular formula is C7H10N2NaO5P. The third-order valence-corrected chi connectivity index (χ3v) is 1.79. The van der Waals surface area contributed by atoms with Gasteiger partial charge in [0.1, 0.15) is 5.75 Å². The first-order chi connectivity index (χ1) is 6.87. The Morgan fingerprint density at radius 2 is 1.81 bits per heavy atom. The van der Waals surface area contributed by atoms with E-state index in [0.29, 0.717) is 5.69 Å². The Bertz CT molecular complexity index is 404. The van der Waals surface area contributed by atoms with E-state index in [1.165, 1.54) is 24.3 Å². The second-order valence-electron chi connectivity index (χ2n) is 2.60. The molecule has 1 rings (SSSR count). The molecule has 2 amide bonds. The van der Waals surface area contributed by atoms with Gasteiger partial charge in [-0.15, -0.1) is 0 Å². The number of primary amides is 1. The first kappa shape index (κ1) is 15.4. The van der Waals surface area contributed by atoms with Gasteiger partial charge in [0, 0.05) is 5.69 Å². The molecule has 9 heteroatoms. The van der Waals surface area contributed by atoms with E-state index in [0.717, 1.165) is 0 Å². The molecule has 0 radical (unpaired) electrons. The first-order valence-corrected chi connectivity index (χ1v) is 5.31. The van der Waals surface area contributed by atoms with Gasteiger partial charge in [0.05, 0.1) is 0 Å². The van der Waals surface area contributed by atoms with E-state index in [-0.39, 0.29) is 35.3 Å². The summed E-state index contributed by atoms with van der Waals surface area (Å²) in [6, 6.07) is 4.67. The van der Waals surface area contributed by atoms with Crippen LogP contribution in [0.3, 0.4) is 0 Å². The van der Waals surface area contributed by atoms with E-state index in [9.17, 15) is 9.36 Å². The van der Waals surface area contributed by atoms with Gasteiger partial charge in [0.15, 0.2) is 0 Å². The summed E-state index contributed by atoms with van der Waals surface area (Å²) in [5.74, 6) is -0.00152. The summed E-state index contributed by atoms with van der Waals surface area (Å²) < 4.78 is 14.7. The zero-order valence-corrected chi connectivity index (χ0v) is 8.35. The van der Waals surface area contributed by atoms with Crippen LogP contribution >= 0.6 is 7.82 Å². The summed E-state index contributed by atoms with van der Waals surface area (Å²) in [7, 11) is -4.54. The van der Waals surface area contributed by atoms with Gasteiger partial charge in [-0.1, -0.05) is 0 Å². The van der Waals surface area contributed by atoms with Crippen LogP contribution < -0.4 is 15.6 Å². The molecule has 0 saturated heterocycles. The van der Waals surface area contributed by atoms with Crippen LogP contribution in [0.15, 0.2) is 24.3 Å². The minimum atomic E-state index is -4.54. The summed E-state index contributed by atoms with van der Waals surface area (Å²) >= 11 is 0. The van der Waals surface area contributed by atoms with Gasteiger partial charge in [-0.25, -0.2) is 9.36 Å². The molecule has 0 saturated carbocycles. The Labute approximate surface area is 114 Å². The zero-order chi connectivity index (χ0) is 11.5. The number of urea groups is 1. The number of nitrogens with one attached hydrogen (secondary N) is 1. The zero-order valence-electron chi connectivity index (χ0n) is 7.45. The summed E-state index contributed by atoms with van der Waals surface area (Å²) in [5.41, 5.74) is 5.26. The number of carbonyl (C=O) groups is 1. The van der Waals surface area contributed by atoms with Gasteiger partial charge < -0.3 is 15.6 Å². The SMILES string of the molecule is NC(=O)Nc1ccc(OP(=O)(O)O)cc1.[NaH]. The van der Waals surface area contributed by atoms with E-state index >= 15 is 0 Å².